The van der Waals surface area contributed by atoms with Gasteiger partial charge in [0.05, 0.1) is 0 Å². The van der Waals surface area contributed by atoms with Crippen LogP contribution in [-0.2, 0) is 28.6 Å². The topological polar surface area (TPSA) is 78.9 Å². The minimum absolute atomic E-state index is 0.0656. The number of carbonyl (C=O) groups is 3. The number of hydrogen-bond donors (Lipinski definition) is 0. The number of esters is 3. The van der Waals surface area contributed by atoms with E-state index in [0.29, 0.717) is 19.3 Å². The lowest BCUT2D eigenvalue weighted by atomic mass is 10.0. The highest BCUT2D eigenvalue weighted by Crippen LogP contribution is 2.15. The monoisotopic (exact) mass is 639 g/mol. The Bertz CT molecular complexity index is 664. The van der Waals surface area contributed by atoms with Gasteiger partial charge in [-0.2, -0.15) is 0 Å². The smallest absolute Gasteiger partial charge is 0.306 e. The summed E-state index contributed by atoms with van der Waals surface area (Å²) in [5, 5.41) is 0. The molecule has 266 valence electrons. The Morgan fingerprint density at radius 3 is 0.889 bits per heavy atom. The lowest BCUT2D eigenvalue weighted by Gasteiger charge is -2.18. The highest BCUT2D eigenvalue weighted by molar-refractivity contribution is 5.71. The van der Waals surface area contributed by atoms with Crippen LogP contribution >= 0.6 is 0 Å². The standard InChI is InChI=1S/C39H74O6/c1-4-7-10-13-15-16-17-18-19-20-21-22-24-27-29-32-38(41)44-35-36(45-39(42)33-30-25-12-9-6-3)34-43-37(40)31-28-26-23-14-11-8-5-2/h36H,4-35H2,1-3H3/t36-/m0/s1. The summed E-state index contributed by atoms with van der Waals surface area (Å²) in [4.78, 5) is 37.1. The fourth-order valence-electron chi connectivity index (χ4n) is 5.62. The van der Waals surface area contributed by atoms with Gasteiger partial charge < -0.3 is 14.2 Å². The largest absolute Gasteiger partial charge is 0.462 e. The number of rotatable bonds is 35. The molecule has 0 unspecified atom stereocenters. The van der Waals surface area contributed by atoms with E-state index in [1.807, 2.05) is 0 Å². The molecule has 0 heterocycles. The van der Waals surface area contributed by atoms with Crippen LogP contribution < -0.4 is 0 Å². The van der Waals surface area contributed by atoms with Crippen LogP contribution in [0.4, 0.5) is 0 Å². The molecule has 1 atom stereocenters. The molecule has 6 heteroatoms. The van der Waals surface area contributed by atoms with Gasteiger partial charge in [0.2, 0.25) is 0 Å². The van der Waals surface area contributed by atoms with E-state index in [2.05, 4.69) is 20.8 Å². The van der Waals surface area contributed by atoms with Crippen LogP contribution in [0.3, 0.4) is 0 Å². The van der Waals surface area contributed by atoms with Gasteiger partial charge in [0, 0.05) is 19.3 Å². The van der Waals surface area contributed by atoms with Gasteiger partial charge in [-0.25, -0.2) is 0 Å². The summed E-state index contributed by atoms with van der Waals surface area (Å²) in [7, 11) is 0. The van der Waals surface area contributed by atoms with Gasteiger partial charge in [0.25, 0.3) is 0 Å². The summed E-state index contributed by atoms with van der Waals surface area (Å²) in [5.74, 6) is -0.883. The van der Waals surface area contributed by atoms with Gasteiger partial charge in [-0.15, -0.1) is 0 Å². The molecule has 0 aromatic rings. The van der Waals surface area contributed by atoms with Crippen molar-refractivity contribution in [2.45, 2.75) is 219 Å². The third-order valence-electron chi connectivity index (χ3n) is 8.61. The SMILES string of the molecule is CCCCCCCCCCCCCCCCCC(=O)OC[C@H](COC(=O)CCCCCCCCC)OC(=O)CCCCCCC. The van der Waals surface area contributed by atoms with Crippen molar-refractivity contribution in [1.82, 2.24) is 0 Å². The van der Waals surface area contributed by atoms with Gasteiger partial charge in [-0.3, -0.25) is 14.4 Å². The highest BCUT2D eigenvalue weighted by Gasteiger charge is 2.19. The van der Waals surface area contributed by atoms with Crippen LogP contribution in [-0.4, -0.2) is 37.2 Å². The Morgan fingerprint density at radius 1 is 0.356 bits per heavy atom. The van der Waals surface area contributed by atoms with Crippen molar-refractivity contribution >= 4 is 17.9 Å². The number of carbonyl (C=O) groups excluding carboxylic acids is 3. The van der Waals surface area contributed by atoms with E-state index in [1.165, 1.54) is 109 Å². The van der Waals surface area contributed by atoms with E-state index in [0.717, 1.165) is 64.2 Å². The fraction of sp³-hybridized carbons (Fsp3) is 0.923. The van der Waals surface area contributed by atoms with Gasteiger partial charge >= 0.3 is 17.9 Å². The highest BCUT2D eigenvalue weighted by atomic mass is 16.6. The Labute approximate surface area is 278 Å². The molecule has 0 rings (SSSR count). The van der Waals surface area contributed by atoms with E-state index in [-0.39, 0.29) is 31.1 Å². The van der Waals surface area contributed by atoms with Crippen LogP contribution in [0.25, 0.3) is 0 Å². The molecule has 0 bridgehead atoms. The van der Waals surface area contributed by atoms with Crippen LogP contribution in [0.15, 0.2) is 0 Å². The van der Waals surface area contributed by atoms with Gasteiger partial charge in [0.15, 0.2) is 6.10 Å². The molecule has 0 amide bonds. The summed E-state index contributed by atoms with van der Waals surface area (Å²) in [6.07, 6.45) is 32.7. The van der Waals surface area contributed by atoms with Gasteiger partial charge in [-0.1, -0.05) is 175 Å². The average Bonchev–Trinajstić information content (AvgIpc) is 3.03. The van der Waals surface area contributed by atoms with Crippen LogP contribution in [0.2, 0.25) is 0 Å². The summed E-state index contributed by atoms with van der Waals surface area (Å²) in [5.41, 5.74) is 0. The first kappa shape index (κ1) is 43.4. The molecule has 0 spiro atoms. The van der Waals surface area contributed by atoms with E-state index in [4.69, 9.17) is 14.2 Å². The van der Waals surface area contributed by atoms with Crippen molar-refractivity contribution in [1.29, 1.82) is 0 Å². The lowest BCUT2D eigenvalue weighted by molar-refractivity contribution is -0.167. The van der Waals surface area contributed by atoms with Crippen molar-refractivity contribution in [3.05, 3.63) is 0 Å². The molecule has 0 fully saturated rings. The average molecular weight is 639 g/mol. The molecular weight excluding hydrogens is 564 g/mol. The molecule has 0 aromatic carbocycles. The van der Waals surface area contributed by atoms with E-state index in [1.54, 1.807) is 0 Å². The van der Waals surface area contributed by atoms with Gasteiger partial charge in [0.1, 0.15) is 13.2 Å². The first-order valence-electron chi connectivity index (χ1n) is 19.5. The quantitative estimate of drug-likeness (QED) is 0.0390. The maximum atomic E-state index is 12.4. The van der Waals surface area contributed by atoms with Crippen LogP contribution in [0, 0.1) is 0 Å². The summed E-state index contributed by atoms with van der Waals surface area (Å²) in [6.45, 7) is 6.50. The predicted molar refractivity (Wildman–Crippen MR) is 187 cm³/mol. The Kier molecular flexibility index (Phi) is 34.0. The minimum atomic E-state index is -0.754. The predicted octanol–water partition coefficient (Wildman–Crippen LogP) is 11.7. The van der Waals surface area contributed by atoms with Crippen molar-refractivity contribution in [2.75, 3.05) is 13.2 Å². The second-order valence-corrected chi connectivity index (χ2v) is 13.2. The molecule has 0 radical (unpaired) electrons. The van der Waals surface area contributed by atoms with Crippen molar-refractivity contribution in [2.24, 2.45) is 0 Å². The maximum absolute atomic E-state index is 12.4. The van der Waals surface area contributed by atoms with E-state index >= 15 is 0 Å². The third-order valence-corrected chi connectivity index (χ3v) is 8.61. The molecule has 45 heavy (non-hydrogen) atoms. The van der Waals surface area contributed by atoms with E-state index in [9.17, 15) is 14.4 Å². The summed E-state index contributed by atoms with van der Waals surface area (Å²) >= 11 is 0. The molecule has 0 aliphatic rings. The normalized spacial score (nSPS) is 11.8. The zero-order valence-corrected chi connectivity index (χ0v) is 30.2. The summed E-state index contributed by atoms with van der Waals surface area (Å²) < 4.78 is 16.5. The first-order valence-corrected chi connectivity index (χ1v) is 19.5. The minimum Gasteiger partial charge on any atom is -0.462 e. The van der Waals surface area contributed by atoms with Crippen molar-refractivity contribution in [3.63, 3.8) is 0 Å². The van der Waals surface area contributed by atoms with Crippen LogP contribution in [0.1, 0.15) is 213 Å². The molecule has 0 aliphatic heterocycles. The zero-order chi connectivity index (χ0) is 33.1. The molecule has 6 nitrogen and oxygen atoms in total. The molecule has 0 saturated heterocycles. The Balaban J connectivity index is 4.13. The summed E-state index contributed by atoms with van der Waals surface area (Å²) in [6, 6.07) is 0. The molecular formula is C39H74O6. The zero-order valence-electron chi connectivity index (χ0n) is 30.2. The number of hydrogen-bond acceptors (Lipinski definition) is 6. The lowest BCUT2D eigenvalue weighted by Crippen LogP contribution is -2.30. The Hall–Kier alpha value is -1.59. The molecule has 0 saturated carbocycles. The molecule has 0 aliphatic carbocycles. The number of ether oxygens (including phenoxy) is 3. The molecule has 0 N–H and O–H groups in total. The van der Waals surface area contributed by atoms with E-state index < -0.39 is 6.10 Å². The number of unbranched alkanes of at least 4 members (excludes halogenated alkanes) is 24. The third kappa shape index (κ3) is 33.6. The Morgan fingerprint density at radius 2 is 0.600 bits per heavy atom. The second-order valence-electron chi connectivity index (χ2n) is 13.2. The maximum Gasteiger partial charge on any atom is 0.306 e. The van der Waals surface area contributed by atoms with Crippen LogP contribution in [0.5, 0.6) is 0 Å². The fourth-order valence-corrected chi connectivity index (χ4v) is 5.62. The second kappa shape index (κ2) is 35.3. The van der Waals surface area contributed by atoms with Crippen molar-refractivity contribution in [3.8, 4) is 0 Å². The first-order chi connectivity index (χ1) is 22.0. The van der Waals surface area contributed by atoms with Gasteiger partial charge in [-0.05, 0) is 19.3 Å². The molecule has 0 aromatic heterocycles. The van der Waals surface area contributed by atoms with Crippen molar-refractivity contribution < 1.29 is 28.6 Å².